The summed E-state index contributed by atoms with van der Waals surface area (Å²) in [6.45, 7) is 0.117. The van der Waals surface area contributed by atoms with E-state index in [0.717, 1.165) is 23.3 Å². The second-order valence-electron chi connectivity index (χ2n) is 6.69. The summed E-state index contributed by atoms with van der Waals surface area (Å²) >= 11 is 0. The van der Waals surface area contributed by atoms with Crippen molar-refractivity contribution >= 4 is 17.2 Å². The summed E-state index contributed by atoms with van der Waals surface area (Å²) in [4.78, 5) is 15.5. The van der Waals surface area contributed by atoms with E-state index >= 15 is 0 Å². The van der Waals surface area contributed by atoms with Gasteiger partial charge in [0, 0.05) is 12.1 Å². The molecule has 0 aliphatic heterocycles. The quantitative estimate of drug-likeness (QED) is 0.470. The predicted molar refractivity (Wildman–Crippen MR) is 105 cm³/mol. The van der Waals surface area contributed by atoms with Gasteiger partial charge < -0.3 is 11.1 Å². The van der Waals surface area contributed by atoms with Crippen LogP contribution in [0.1, 0.15) is 21.5 Å². The van der Waals surface area contributed by atoms with Crippen molar-refractivity contribution in [2.45, 2.75) is 12.7 Å². The Kier molecular flexibility index (Phi) is 5.05. The third kappa shape index (κ3) is 4.04. The van der Waals surface area contributed by atoms with Crippen LogP contribution < -0.4 is 11.1 Å². The molecule has 0 aliphatic rings. The van der Waals surface area contributed by atoms with Crippen molar-refractivity contribution in [2.75, 3.05) is 5.32 Å². The maximum atomic E-state index is 13.9. The van der Waals surface area contributed by atoms with Crippen molar-refractivity contribution in [1.82, 2.24) is 14.6 Å². The molecule has 0 spiro atoms. The molecule has 2 heterocycles. The Bertz CT molecular complexity index is 1270. The summed E-state index contributed by atoms with van der Waals surface area (Å²) < 4.78 is 53.8. The Balaban J connectivity index is 1.55. The van der Waals surface area contributed by atoms with Crippen LogP contribution in [-0.2, 0) is 12.7 Å². The SMILES string of the molecule is NC(=O)c1ccc(-c2ccc(CNc3cc(C(F)(F)F)ccc3F)cc2)n2n[c]nc12. The number of fused-ring (bicyclic) bond motifs is 1. The van der Waals surface area contributed by atoms with E-state index in [9.17, 15) is 22.4 Å². The minimum Gasteiger partial charge on any atom is -0.379 e. The number of primary amides is 1. The number of alkyl halides is 3. The maximum Gasteiger partial charge on any atom is 0.416 e. The van der Waals surface area contributed by atoms with Gasteiger partial charge in [-0.1, -0.05) is 24.3 Å². The Labute approximate surface area is 173 Å². The van der Waals surface area contributed by atoms with Crippen LogP contribution in [0.5, 0.6) is 0 Å². The number of pyridine rings is 1. The summed E-state index contributed by atoms with van der Waals surface area (Å²) in [6, 6.07) is 12.4. The second kappa shape index (κ2) is 7.71. The van der Waals surface area contributed by atoms with Crippen molar-refractivity contribution in [2.24, 2.45) is 5.73 Å². The number of hydrogen-bond acceptors (Lipinski definition) is 4. The van der Waals surface area contributed by atoms with Gasteiger partial charge in [0.1, 0.15) is 5.82 Å². The van der Waals surface area contributed by atoms with Crippen LogP contribution in [0.25, 0.3) is 16.9 Å². The normalized spacial score (nSPS) is 11.6. The molecule has 2 aromatic heterocycles. The lowest BCUT2D eigenvalue weighted by atomic mass is 10.1. The summed E-state index contributed by atoms with van der Waals surface area (Å²) in [5, 5.41) is 6.69. The van der Waals surface area contributed by atoms with Gasteiger partial charge in [-0.25, -0.2) is 13.9 Å². The minimum atomic E-state index is -4.56. The highest BCUT2D eigenvalue weighted by Gasteiger charge is 2.31. The highest BCUT2D eigenvalue weighted by Crippen LogP contribution is 2.32. The topological polar surface area (TPSA) is 85.3 Å². The molecule has 10 heteroatoms. The Morgan fingerprint density at radius 3 is 2.52 bits per heavy atom. The van der Waals surface area contributed by atoms with E-state index < -0.39 is 23.5 Å². The molecular formula is C21H14F4N5O. The molecule has 1 amide bonds. The van der Waals surface area contributed by atoms with E-state index in [0.29, 0.717) is 11.8 Å². The third-order valence-electron chi connectivity index (χ3n) is 4.67. The Hall–Kier alpha value is -3.95. The monoisotopic (exact) mass is 428 g/mol. The van der Waals surface area contributed by atoms with Gasteiger partial charge in [-0.05, 0) is 35.9 Å². The molecule has 2 aromatic carbocycles. The molecule has 3 N–H and O–H groups in total. The molecule has 1 radical (unpaired) electrons. The van der Waals surface area contributed by atoms with E-state index in [1.54, 1.807) is 36.4 Å². The lowest BCUT2D eigenvalue weighted by molar-refractivity contribution is -0.137. The number of carbonyl (C=O) groups is 1. The first-order valence-corrected chi connectivity index (χ1v) is 8.99. The number of anilines is 1. The van der Waals surface area contributed by atoms with E-state index in [1.165, 1.54) is 4.52 Å². The number of hydrogen-bond donors (Lipinski definition) is 2. The first kappa shape index (κ1) is 20.3. The fourth-order valence-corrected chi connectivity index (χ4v) is 3.10. The smallest absolute Gasteiger partial charge is 0.379 e. The second-order valence-corrected chi connectivity index (χ2v) is 6.69. The van der Waals surface area contributed by atoms with Crippen LogP contribution in [-0.4, -0.2) is 20.5 Å². The first-order valence-electron chi connectivity index (χ1n) is 8.99. The van der Waals surface area contributed by atoms with Crippen LogP contribution in [0, 0.1) is 12.1 Å². The van der Waals surface area contributed by atoms with Crippen LogP contribution >= 0.6 is 0 Å². The van der Waals surface area contributed by atoms with Crippen molar-refractivity contribution in [3.63, 3.8) is 0 Å². The molecule has 0 atom stereocenters. The summed E-state index contributed by atoms with van der Waals surface area (Å²) in [6.07, 6.45) is -2.11. The number of benzene rings is 2. The van der Waals surface area contributed by atoms with Crippen molar-refractivity contribution in [1.29, 1.82) is 0 Å². The van der Waals surface area contributed by atoms with Crippen molar-refractivity contribution in [3.05, 3.63) is 83.4 Å². The van der Waals surface area contributed by atoms with Crippen LogP contribution in [0.4, 0.5) is 23.2 Å². The highest BCUT2D eigenvalue weighted by atomic mass is 19.4. The molecule has 4 rings (SSSR count). The van der Waals surface area contributed by atoms with E-state index in [-0.39, 0.29) is 23.4 Å². The van der Waals surface area contributed by atoms with Crippen LogP contribution in [0.15, 0.2) is 54.6 Å². The number of amides is 1. The number of nitrogens with zero attached hydrogens (tertiary/aromatic N) is 3. The summed E-state index contributed by atoms with van der Waals surface area (Å²) in [5.41, 5.74) is 6.76. The fraction of sp³-hybridized carbons (Fsp3) is 0.0952. The Morgan fingerprint density at radius 2 is 1.84 bits per heavy atom. The lowest BCUT2D eigenvalue weighted by Crippen LogP contribution is -2.13. The van der Waals surface area contributed by atoms with Gasteiger partial charge >= 0.3 is 6.18 Å². The number of halogens is 4. The largest absolute Gasteiger partial charge is 0.416 e. The average molecular weight is 428 g/mol. The number of nitrogens with one attached hydrogen (secondary N) is 1. The average Bonchev–Trinajstić information content (AvgIpc) is 3.22. The molecule has 0 saturated carbocycles. The molecular weight excluding hydrogens is 414 g/mol. The predicted octanol–water partition coefficient (Wildman–Crippen LogP) is 4.07. The molecule has 0 unspecified atom stereocenters. The minimum absolute atomic E-state index is 0.117. The van der Waals surface area contributed by atoms with Gasteiger partial charge in [0.2, 0.25) is 6.33 Å². The van der Waals surface area contributed by atoms with E-state index in [1.807, 2.05) is 0 Å². The van der Waals surface area contributed by atoms with E-state index in [4.69, 9.17) is 5.73 Å². The third-order valence-corrected chi connectivity index (χ3v) is 4.67. The number of carbonyl (C=O) groups excluding carboxylic acids is 1. The molecule has 157 valence electrons. The zero-order chi connectivity index (χ0) is 22.2. The fourth-order valence-electron chi connectivity index (χ4n) is 3.10. The van der Waals surface area contributed by atoms with Gasteiger partial charge in [-0.15, -0.1) is 5.10 Å². The molecule has 4 aromatic rings. The zero-order valence-corrected chi connectivity index (χ0v) is 15.7. The number of aromatic nitrogens is 3. The van der Waals surface area contributed by atoms with Gasteiger partial charge in [0.15, 0.2) is 5.65 Å². The van der Waals surface area contributed by atoms with Crippen LogP contribution in [0.3, 0.4) is 0 Å². The molecule has 0 fully saturated rings. The van der Waals surface area contributed by atoms with Gasteiger partial charge in [-0.2, -0.15) is 13.2 Å². The molecule has 0 bridgehead atoms. The summed E-state index contributed by atoms with van der Waals surface area (Å²) in [7, 11) is 0. The number of rotatable bonds is 5. The lowest BCUT2D eigenvalue weighted by Gasteiger charge is -2.12. The van der Waals surface area contributed by atoms with Gasteiger partial charge in [0.25, 0.3) is 5.91 Å². The number of nitrogens with two attached hydrogens (primary N) is 1. The molecule has 6 nitrogen and oxygen atoms in total. The van der Waals surface area contributed by atoms with E-state index in [2.05, 4.69) is 21.7 Å². The van der Waals surface area contributed by atoms with Crippen molar-refractivity contribution < 1.29 is 22.4 Å². The molecule has 0 saturated heterocycles. The van der Waals surface area contributed by atoms with Gasteiger partial charge in [0.05, 0.1) is 22.5 Å². The first-order chi connectivity index (χ1) is 14.7. The highest BCUT2D eigenvalue weighted by molar-refractivity contribution is 5.99. The standard InChI is InChI=1S/C21H14F4N5O/c22-16-7-5-14(21(23,24)25)9-17(16)27-10-12-1-3-13(4-2-12)18-8-6-15(19(26)31)20-28-11-29-30(18)20/h1-9,27H,10H2,(H2,26,31). The Morgan fingerprint density at radius 1 is 1.10 bits per heavy atom. The van der Waals surface area contributed by atoms with Crippen LogP contribution in [0.2, 0.25) is 0 Å². The van der Waals surface area contributed by atoms with Gasteiger partial charge in [-0.3, -0.25) is 4.79 Å². The zero-order valence-electron chi connectivity index (χ0n) is 15.7. The maximum absolute atomic E-state index is 13.9. The summed E-state index contributed by atoms with van der Waals surface area (Å²) in [5.74, 6) is -1.41. The molecule has 0 aliphatic carbocycles. The van der Waals surface area contributed by atoms with Crippen molar-refractivity contribution in [3.8, 4) is 11.3 Å². The molecule has 31 heavy (non-hydrogen) atoms.